The second-order valence-corrected chi connectivity index (χ2v) is 10.2. The Kier molecular flexibility index (Phi) is 9.45. The number of aromatic nitrogens is 6. The first-order valence-electron chi connectivity index (χ1n) is 13.9. The highest BCUT2D eigenvalue weighted by Gasteiger charge is 2.38. The Morgan fingerprint density at radius 1 is 0.660 bits per heavy atom. The SMILES string of the molecule is CC(=O)Nc1ccc2c(Cc3ccncc3)n[nH]c(=O)c2c1.O=C(Nc1ccc2c(Cc3ccncc3)n[nH]c(=O)c2c1)C(F)(F)F. The van der Waals surface area contributed by atoms with Gasteiger partial charge in [-0.25, -0.2) is 10.2 Å². The van der Waals surface area contributed by atoms with Gasteiger partial charge in [0.05, 0.1) is 22.2 Å². The van der Waals surface area contributed by atoms with E-state index < -0.39 is 17.6 Å². The van der Waals surface area contributed by atoms with E-state index in [1.54, 1.807) is 60.4 Å². The zero-order valence-electron chi connectivity index (χ0n) is 24.6. The van der Waals surface area contributed by atoms with Crippen molar-refractivity contribution >= 4 is 44.7 Å². The maximum Gasteiger partial charge on any atom is 0.471 e. The molecule has 47 heavy (non-hydrogen) atoms. The van der Waals surface area contributed by atoms with Crippen molar-refractivity contribution in [3.8, 4) is 0 Å². The highest BCUT2D eigenvalue weighted by atomic mass is 19.4. The number of benzene rings is 2. The molecule has 0 atom stereocenters. The topological polar surface area (TPSA) is 175 Å². The highest BCUT2D eigenvalue weighted by molar-refractivity contribution is 5.97. The van der Waals surface area contributed by atoms with Gasteiger partial charge in [-0.05, 0) is 59.7 Å². The Labute approximate surface area is 263 Å². The van der Waals surface area contributed by atoms with Gasteiger partial charge in [0.2, 0.25) is 5.91 Å². The Bertz CT molecular complexity index is 2190. The number of pyridine rings is 2. The summed E-state index contributed by atoms with van der Waals surface area (Å²) in [5.74, 6) is -2.28. The van der Waals surface area contributed by atoms with Crippen molar-refractivity contribution in [3.63, 3.8) is 0 Å². The van der Waals surface area contributed by atoms with Crippen molar-refractivity contribution in [2.75, 3.05) is 10.6 Å². The number of halogens is 3. The van der Waals surface area contributed by atoms with E-state index in [4.69, 9.17) is 0 Å². The molecule has 4 aromatic heterocycles. The van der Waals surface area contributed by atoms with Crippen LogP contribution in [0.2, 0.25) is 0 Å². The van der Waals surface area contributed by atoms with Gasteiger partial charge in [-0.15, -0.1) is 0 Å². The van der Waals surface area contributed by atoms with E-state index in [1.165, 1.54) is 25.1 Å². The van der Waals surface area contributed by atoms with Crippen LogP contribution >= 0.6 is 0 Å². The van der Waals surface area contributed by atoms with E-state index >= 15 is 0 Å². The molecule has 2 amide bonds. The van der Waals surface area contributed by atoms with Crippen LogP contribution in [0, 0.1) is 0 Å². The number of carbonyl (C=O) groups is 2. The van der Waals surface area contributed by atoms with Crippen molar-refractivity contribution in [2.45, 2.75) is 25.9 Å². The van der Waals surface area contributed by atoms with Gasteiger partial charge in [-0.2, -0.15) is 23.4 Å². The lowest BCUT2D eigenvalue weighted by atomic mass is 10.0. The number of H-pyrrole nitrogens is 2. The minimum Gasteiger partial charge on any atom is -0.326 e. The number of carbonyl (C=O) groups excluding carboxylic acids is 2. The monoisotopic (exact) mass is 642 g/mol. The number of nitrogens with zero attached hydrogens (tertiary/aromatic N) is 4. The summed E-state index contributed by atoms with van der Waals surface area (Å²) in [7, 11) is 0. The molecule has 0 aliphatic carbocycles. The fourth-order valence-corrected chi connectivity index (χ4v) is 4.66. The van der Waals surface area contributed by atoms with Crippen LogP contribution in [-0.4, -0.2) is 48.4 Å². The highest BCUT2D eigenvalue weighted by Crippen LogP contribution is 2.23. The van der Waals surface area contributed by atoms with Crippen LogP contribution in [0.3, 0.4) is 0 Å². The zero-order chi connectivity index (χ0) is 33.6. The third-order valence-corrected chi connectivity index (χ3v) is 6.81. The molecule has 238 valence electrons. The van der Waals surface area contributed by atoms with Crippen LogP contribution in [0.25, 0.3) is 21.5 Å². The normalized spacial score (nSPS) is 11.1. The van der Waals surface area contributed by atoms with E-state index in [0.717, 1.165) is 22.2 Å². The zero-order valence-corrected chi connectivity index (χ0v) is 24.6. The van der Waals surface area contributed by atoms with Gasteiger partial charge in [0.15, 0.2) is 0 Å². The van der Waals surface area contributed by atoms with Gasteiger partial charge in [0, 0.05) is 66.7 Å². The fraction of sp³-hybridized carbons (Fsp3) is 0.125. The van der Waals surface area contributed by atoms with Crippen LogP contribution in [0.4, 0.5) is 24.5 Å². The molecule has 4 N–H and O–H groups in total. The van der Waals surface area contributed by atoms with Crippen LogP contribution in [-0.2, 0) is 22.4 Å². The number of hydrogen-bond donors (Lipinski definition) is 4. The van der Waals surface area contributed by atoms with Crippen molar-refractivity contribution < 1.29 is 22.8 Å². The fourth-order valence-electron chi connectivity index (χ4n) is 4.66. The second kappa shape index (κ2) is 13.8. The van der Waals surface area contributed by atoms with Crippen LogP contribution < -0.4 is 21.8 Å². The minimum atomic E-state index is -5.01. The summed E-state index contributed by atoms with van der Waals surface area (Å²) >= 11 is 0. The molecule has 0 radical (unpaired) electrons. The number of aromatic amines is 2. The van der Waals surface area contributed by atoms with Crippen LogP contribution in [0.15, 0.2) is 95.0 Å². The number of hydrogen-bond acceptors (Lipinski definition) is 8. The Morgan fingerprint density at radius 3 is 1.49 bits per heavy atom. The number of anilines is 2. The van der Waals surface area contributed by atoms with Gasteiger partial charge in [-0.3, -0.25) is 29.1 Å². The summed E-state index contributed by atoms with van der Waals surface area (Å²) in [5, 5.41) is 19.3. The smallest absolute Gasteiger partial charge is 0.326 e. The molecular weight excluding hydrogens is 617 g/mol. The first kappa shape index (κ1) is 32.2. The molecule has 12 nitrogen and oxygen atoms in total. The van der Waals surface area contributed by atoms with Gasteiger partial charge in [0.1, 0.15) is 0 Å². The lowest BCUT2D eigenvalue weighted by Crippen LogP contribution is -2.30. The summed E-state index contributed by atoms with van der Waals surface area (Å²) in [6.45, 7) is 1.43. The number of fused-ring (bicyclic) bond motifs is 2. The average Bonchev–Trinajstić information content (AvgIpc) is 3.04. The van der Waals surface area contributed by atoms with Gasteiger partial charge < -0.3 is 10.6 Å². The molecular formula is C32H25F3N8O4. The molecule has 0 unspecified atom stereocenters. The second-order valence-electron chi connectivity index (χ2n) is 10.2. The molecule has 4 heterocycles. The summed E-state index contributed by atoms with van der Waals surface area (Å²) in [5.41, 5.74) is 2.92. The summed E-state index contributed by atoms with van der Waals surface area (Å²) < 4.78 is 37.0. The van der Waals surface area contributed by atoms with Gasteiger partial charge in [0.25, 0.3) is 11.1 Å². The summed E-state index contributed by atoms with van der Waals surface area (Å²) in [6.07, 6.45) is 2.67. The Hall–Kier alpha value is -6.25. The Morgan fingerprint density at radius 2 is 1.09 bits per heavy atom. The molecule has 2 aromatic carbocycles. The molecule has 0 spiro atoms. The predicted octanol–water partition coefficient (Wildman–Crippen LogP) is 4.28. The molecule has 0 fully saturated rings. The number of nitrogens with one attached hydrogen (secondary N) is 4. The lowest BCUT2D eigenvalue weighted by molar-refractivity contribution is -0.167. The molecule has 6 aromatic rings. The molecule has 0 saturated carbocycles. The summed E-state index contributed by atoms with van der Waals surface area (Å²) in [6, 6.07) is 16.6. The third-order valence-electron chi connectivity index (χ3n) is 6.81. The van der Waals surface area contributed by atoms with E-state index in [2.05, 4.69) is 35.7 Å². The standard InChI is InChI=1S/C16H11F3N4O2.C16H14N4O2/c17-16(18,19)15(25)21-10-1-2-11-12(8-10)14(24)23-22-13(11)7-9-3-5-20-6-4-9;1-10(21)18-12-2-3-13-14(9-12)16(22)20-19-15(13)8-11-4-6-17-7-5-11/h1-6,8H,7H2,(H,21,25)(H,23,24);2-7,9H,8H2,1H3,(H,18,21)(H,20,22). The first-order chi connectivity index (χ1) is 22.5. The Balaban J connectivity index is 0.000000186. The van der Waals surface area contributed by atoms with Crippen molar-refractivity contribution in [1.29, 1.82) is 0 Å². The lowest BCUT2D eigenvalue weighted by Gasteiger charge is -2.10. The quantitative estimate of drug-likeness (QED) is 0.208. The number of rotatable bonds is 6. The minimum absolute atomic E-state index is 0.124. The molecule has 0 saturated heterocycles. The average molecular weight is 643 g/mol. The predicted molar refractivity (Wildman–Crippen MR) is 168 cm³/mol. The summed E-state index contributed by atoms with van der Waals surface area (Å²) in [4.78, 5) is 54.0. The molecule has 0 aliphatic rings. The first-order valence-corrected chi connectivity index (χ1v) is 13.9. The van der Waals surface area contributed by atoms with E-state index in [1.807, 2.05) is 12.1 Å². The molecule has 6 rings (SSSR count). The molecule has 15 heteroatoms. The largest absolute Gasteiger partial charge is 0.471 e. The van der Waals surface area contributed by atoms with Gasteiger partial charge >= 0.3 is 12.1 Å². The van der Waals surface area contributed by atoms with E-state index in [9.17, 15) is 32.3 Å². The van der Waals surface area contributed by atoms with E-state index in [-0.39, 0.29) is 22.5 Å². The molecule has 0 aliphatic heterocycles. The van der Waals surface area contributed by atoms with Crippen LogP contribution in [0.1, 0.15) is 29.4 Å². The van der Waals surface area contributed by atoms with Crippen molar-refractivity contribution in [2.24, 2.45) is 0 Å². The van der Waals surface area contributed by atoms with Crippen molar-refractivity contribution in [3.05, 3.63) is 129 Å². The number of amides is 2. The maximum absolute atomic E-state index is 12.3. The van der Waals surface area contributed by atoms with Gasteiger partial charge in [-0.1, -0.05) is 12.1 Å². The van der Waals surface area contributed by atoms with E-state index in [0.29, 0.717) is 35.0 Å². The third kappa shape index (κ3) is 8.08. The molecule has 0 bridgehead atoms. The number of alkyl halides is 3. The maximum atomic E-state index is 12.3. The van der Waals surface area contributed by atoms with Crippen molar-refractivity contribution in [1.82, 2.24) is 30.4 Å². The van der Waals surface area contributed by atoms with Crippen LogP contribution in [0.5, 0.6) is 0 Å².